The maximum atomic E-state index is 12.1. The van der Waals surface area contributed by atoms with Crippen molar-refractivity contribution in [1.82, 2.24) is 19.1 Å². The molecule has 0 N–H and O–H groups in total. The standard InChI is InChI=1S/C29H29N5O4/c1-5-6-15-32-25-13-10-21(29(35)38-4)17-23(25)30-27(32)20-9-14-26-24(16-20)31-28(33(26)18(2)3)19-7-11-22(12-8-19)34(36)37/h7-14,16-18H,5-6,15H2,1-4H3. The number of non-ortho nitro benzene ring substituents is 1. The molecule has 0 spiro atoms. The van der Waals surface area contributed by atoms with Crippen molar-refractivity contribution in [2.75, 3.05) is 7.11 Å². The highest BCUT2D eigenvalue weighted by atomic mass is 16.6. The summed E-state index contributed by atoms with van der Waals surface area (Å²) in [5.41, 5.74) is 5.73. The SMILES string of the molecule is CCCCn1c(-c2ccc3c(c2)nc(-c2ccc([N+](=O)[O-])cc2)n3C(C)C)nc2cc(C(=O)OC)ccc21. The highest BCUT2D eigenvalue weighted by Gasteiger charge is 2.19. The average Bonchev–Trinajstić information content (AvgIpc) is 3.49. The van der Waals surface area contributed by atoms with Crippen LogP contribution in [0.1, 0.15) is 50.0 Å². The van der Waals surface area contributed by atoms with Crippen molar-refractivity contribution in [3.8, 4) is 22.8 Å². The van der Waals surface area contributed by atoms with E-state index in [4.69, 9.17) is 14.7 Å². The van der Waals surface area contributed by atoms with E-state index < -0.39 is 10.9 Å². The lowest BCUT2D eigenvalue weighted by molar-refractivity contribution is -0.384. The second-order valence-corrected chi connectivity index (χ2v) is 9.54. The van der Waals surface area contributed by atoms with Crippen LogP contribution in [0.4, 0.5) is 5.69 Å². The molecule has 0 fully saturated rings. The third-order valence-electron chi connectivity index (χ3n) is 6.71. The van der Waals surface area contributed by atoms with Gasteiger partial charge >= 0.3 is 5.97 Å². The van der Waals surface area contributed by atoms with Crippen molar-refractivity contribution in [3.05, 3.63) is 76.3 Å². The Labute approximate surface area is 219 Å². The van der Waals surface area contributed by atoms with Crippen LogP contribution in [0.2, 0.25) is 0 Å². The molecule has 38 heavy (non-hydrogen) atoms. The van der Waals surface area contributed by atoms with E-state index in [1.54, 1.807) is 24.3 Å². The summed E-state index contributed by atoms with van der Waals surface area (Å²) >= 11 is 0. The lowest BCUT2D eigenvalue weighted by atomic mass is 10.1. The van der Waals surface area contributed by atoms with Crippen molar-refractivity contribution in [2.45, 2.75) is 46.2 Å². The zero-order chi connectivity index (χ0) is 27.0. The molecule has 0 amide bonds. The fourth-order valence-corrected chi connectivity index (χ4v) is 4.83. The number of hydrogen-bond donors (Lipinski definition) is 0. The number of methoxy groups -OCH3 is 1. The smallest absolute Gasteiger partial charge is 0.337 e. The van der Waals surface area contributed by atoms with Gasteiger partial charge in [-0.3, -0.25) is 10.1 Å². The van der Waals surface area contributed by atoms with E-state index in [9.17, 15) is 14.9 Å². The van der Waals surface area contributed by atoms with Gasteiger partial charge in [0, 0.05) is 35.8 Å². The molecule has 3 aromatic carbocycles. The van der Waals surface area contributed by atoms with Gasteiger partial charge in [0.1, 0.15) is 11.6 Å². The van der Waals surface area contributed by atoms with Crippen LogP contribution < -0.4 is 0 Å². The Morgan fingerprint density at radius 2 is 1.61 bits per heavy atom. The average molecular weight is 512 g/mol. The minimum Gasteiger partial charge on any atom is -0.465 e. The van der Waals surface area contributed by atoms with E-state index in [-0.39, 0.29) is 11.7 Å². The van der Waals surface area contributed by atoms with Crippen LogP contribution in [0, 0.1) is 10.1 Å². The quantitative estimate of drug-likeness (QED) is 0.129. The number of rotatable bonds is 8. The van der Waals surface area contributed by atoms with Gasteiger partial charge in [-0.15, -0.1) is 0 Å². The first-order valence-corrected chi connectivity index (χ1v) is 12.7. The van der Waals surface area contributed by atoms with Gasteiger partial charge in [-0.1, -0.05) is 13.3 Å². The van der Waals surface area contributed by atoms with Crippen LogP contribution in [-0.4, -0.2) is 37.1 Å². The Balaban J connectivity index is 1.65. The number of nitro benzene ring substituents is 1. The summed E-state index contributed by atoms with van der Waals surface area (Å²) in [4.78, 5) is 32.7. The number of carbonyl (C=O) groups excluding carboxylic acids is 1. The Morgan fingerprint density at radius 1 is 0.947 bits per heavy atom. The molecular weight excluding hydrogens is 482 g/mol. The minimum atomic E-state index is -0.403. The summed E-state index contributed by atoms with van der Waals surface area (Å²) in [6, 6.07) is 18.2. The number of hydrogen-bond acceptors (Lipinski definition) is 6. The largest absolute Gasteiger partial charge is 0.465 e. The molecule has 194 valence electrons. The normalized spacial score (nSPS) is 11.5. The number of aryl methyl sites for hydroxylation is 1. The van der Waals surface area contributed by atoms with Crippen LogP contribution >= 0.6 is 0 Å². The third kappa shape index (κ3) is 4.40. The van der Waals surface area contributed by atoms with E-state index in [0.717, 1.165) is 64.2 Å². The van der Waals surface area contributed by atoms with Crippen LogP contribution in [0.5, 0.6) is 0 Å². The van der Waals surface area contributed by atoms with Crippen molar-refractivity contribution < 1.29 is 14.5 Å². The number of fused-ring (bicyclic) bond motifs is 2. The van der Waals surface area contributed by atoms with Crippen LogP contribution in [0.3, 0.4) is 0 Å². The summed E-state index contributed by atoms with van der Waals surface area (Å²) in [6.45, 7) is 7.13. The number of nitrogens with zero attached hydrogens (tertiary/aromatic N) is 5. The first kappa shape index (κ1) is 25.1. The minimum absolute atomic E-state index is 0.0459. The summed E-state index contributed by atoms with van der Waals surface area (Å²) in [6.07, 6.45) is 2.03. The first-order valence-electron chi connectivity index (χ1n) is 12.7. The van der Waals surface area contributed by atoms with Crippen molar-refractivity contribution >= 4 is 33.7 Å². The number of unbranched alkanes of at least 4 members (excludes halogenated alkanes) is 1. The molecule has 9 nitrogen and oxygen atoms in total. The zero-order valence-electron chi connectivity index (χ0n) is 21.8. The summed E-state index contributed by atoms with van der Waals surface area (Å²) in [7, 11) is 1.37. The van der Waals surface area contributed by atoms with Crippen molar-refractivity contribution in [3.63, 3.8) is 0 Å². The van der Waals surface area contributed by atoms with Gasteiger partial charge in [-0.05, 0) is 68.8 Å². The van der Waals surface area contributed by atoms with Gasteiger partial charge in [0.2, 0.25) is 0 Å². The topological polar surface area (TPSA) is 105 Å². The maximum absolute atomic E-state index is 12.1. The summed E-state index contributed by atoms with van der Waals surface area (Å²) in [5, 5.41) is 11.1. The summed E-state index contributed by atoms with van der Waals surface area (Å²) in [5.74, 6) is 1.17. The van der Waals surface area contributed by atoms with E-state index in [1.807, 2.05) is 18.2 Å². The fraction of sp³-hybridized carbons (Fsp3) is 0.276. The van der Waals surface area contributed by atoms with E-state index in [0.29, 0.717) is 5.56 Å². The van der Waals surface area contributed by atoms with Gasteiger partial charge in [0.15, 0.2) is 0 Å². The molecule has 0 saturated heterocycles. The second kappa shape index (κ2) is 10.1. The molecule has 0 aliphatic heterocycles. The number of aromatic nitrogens is 4. The first-order chi connectivity index (χ1) is 18.3. The molecular formula is C29H29N5O4. The highest BCUT2D eigenvalue weighted by molar-refractivity contribution is 5.95. The molecule has 0 unspecified atom stereocenters. The highest BCUT2D eigenvalue weighted by Crippen LogP contribution is 2.33. The number of benzene rings is 3. The number of carbonyl (C=O) groups is 1. The summed E-state index contributed by atoms with van der Waals surface area (Å²) < 4.78 is 9.22. The Morgan fingerprint density at radius 3 is 2.26 bits per heavy atom. The molecule has 9 heteroatoms. The Bertz CT molecular complexity index is 1660. The van der Waals surface area contributed by atoms with Gasteiger partial charge < -0.3 is 13.9 Å². The van der Waals surface area contributed by atoms with Crippen LogP contribution in [-0.2, 0) is 11.3 Å². The third-order valence-corrected chi connectivity index (χ3v) is 6.71. The molecule has 0 saturated carbocycles. The van der Waals surface area contributed by atoms with E-state index in [1.165, 1.54) is 19.2 Å². The molecule has 0 aliphatic carbocycles. The van der Waals surface area contributed by atoms with Gasteiger partial charge in [-0.2, -0.15) is 0 Å². The molecule has 0 bridgehead atoms. The van der Waals surface area contributed by atoms with Crippen molar-refractivity contribution in [2.24, 2.45) is 0 Å². The molecule has 2 heterocycles. The molecule has 5 aromatic rings. The van der Waals surface area contributed by atoms with Gasteiger partial charge in [0.25, 0.3) is 5.69 Å². The predicted octanol–water partition coefficient (Wildman–Crippen LogP) is 6.80. The lowest BCUT2D eigenvalue weighted by Gasteiger charge is -2.13. The number of imidazole rings is 2. The second-order valence-electron chi connectivity index (χ2n) is 9.54. The van der Waals surface area contributed by atoms with Crippen LogP contribution in [0.25, 0.3) is 44.8 Å². The van der Waals surface area contributed by atoms with Crippen molar-refractivity contribution in [1.29, 1.82) is 0 Å². The van der Waals surface area contributed by atoms with Gasteiger partial charge in [0.05, 0.1) is 39.7 Å². The number of nitro groups is 1. The van der Waals surface area contributed by atoms with E-state index >= 15 is 0 Å². The van der Waals surface area contributed by atoms with Crippen LogP contribution in [0.15, 0.2) is 60.7 Å². The molecule has 2 aromatic heterocycles. The number of esters is 1. The Kier molecular flexibility index (Phi) is 6.67. The fourth-order valence-electron chi connectivity index (χ4n) is 4.83. The molecule has 5 rings (SSSR count). The molecule has 0 radical (unpaired) electrons. The maximum Gasteiger partial charge on any atom is 0.337 e. The molecule has 0 atom stereocenters. The predicted molar refractivity (Wildman–Crippen MR) is 147 cm³/mol. The zero-order valence-corrected chi connectivity index (χ0v) is 21.8. The monoisotopic (exact) mass is 511 g/mol. The number of ether oxygens (including phenoxy) is 1. The van der Waals surface area contributed by atoms with E-state index in [2.05, 4.69) is 36.0 Å². The Hall–Kier alpha value is -4.53. The lowest BCUT2D eigenvalue weighted by Crippen LogP contribution is -2.03. The molecule has 0 aliphatic rings. The van der Waals surface area contributed by atoms with Gasteiger partial charge in [-0.25, -0.2) is 14.8 Å².